The van der Waals surface area contributed by atoms with E-state index in [-0.39, 0.29) is 18.6 Å². The maximum atomic E-state index is 12.3. The molecule has 26 heavy (non-hydrogen) atoms. The van der Waals surface area contributed by atoms with Gasteiger partial charge in [-0.3, -0.25) is 9.63 Å². The van der Waals surface area contributed by atoms with Gasteiger partial charge in [0.15, 0.2) is 0 Å². The normalized spacial score (nSPS) is 13.1. The number of hydroxylamine groups is 2. The Morgan fingerprint density at radius 2 is 1.88 bits per heavy atom. The van der Waals surface area contributed by atoms with Crippen LogP contribution in [0.15, 0.2) is 48.5 Å². The van der Waals surface area contributed by atoms with E-state index >= 15 is 0 Å². The third-order valence-electron chi connectivity index (χ3n) is 4.49. The Balaban J connectivity index is 1.62. The highest BCUT2D eigenvalue weighted by Crippen LogP contribution is 2.22. The van der Waals surface area contributed by atoms with Gasteiger partial charge in [0.05, 0.1) is 7.11 Å². The molecule has 0 atom stereocenters. The van der Waals surface area contributed by atoms with Crippen molar-refractivity contribution >= 4 is 12.0 Å². The summed E-state index contributed by atoms with van der Waals surface area (Å²) in [6, 6.07) is 15.1. The van der Waals surface area contributed by atoms with Gasteiger partial charge in [-0.05, 0) is 35.2 Å². The minimum atomic E-state index is -0.321. The lowest BCUT2D eigenvalue weighted by atomic mass is 9.97. The maximum Gasteiger partial charge on any atom is 0.410 e. The van der Waals surface area contributed by atoms with Crippen LogP contribution in [0.1, 0.15) is 27.0 Å². The van der Waals surface area contributed by atoms with Crippen LogP contribution in [-0.2, 0) is 29.1 Å². The van der Waals surface area contributed by atoms with Gasteiger partial charge in [-0.2, -0.15) is 0 Å². The van der Waals surface area contributed by atoms with Crippen molar-refractivity contribution in [2.24, 2.45) is 0 Å². The van der Waals surface area contributed by atoms with Crippen LogP contribution in [-0.4, -0.2) is 42.7 Å². The summed E-state index contributed by atoms with van der Waals surface area (Å²) in [5, 5.41) is 1.19. The van der Waals surface area contributed by atoms with E-state index in [9.17, 15) is 9.59 Å². The lowest BCUT2D eigenvalue weighted by Gasteiger charge is -2.28. The second kappa shape index (κ2) is 8.01. The van der Waals surface area contributed by atoms with Crippen LogP contribution in [0.2, 0.25) is 0 Å². The molecule has 6 nitrogen and oxygen atoms in total. The highest BCUT2D eigenvalue weighted by molar-refractivity contribution is 5.93. The van der Waals surface area contributed by atoms with Gasteiger partial charge in [0, 0.05) is 25.7 Å². The first-order valence-electron chi connectivity index (χ1n) is 8.48. The standard InChI is InChI=1S/C20H22N2O4/c1-21(25-2)19(23)17-8-9-18-13-22(11-10-16(18)12-17)20(24)26-14-15-6-4-3-5-7-15/h3-9,12H,10-11,13-14H2,1-2H3. The van der Waals surface area contributed by atoms with Crippen molar-refractivity contribution in [3.05, 3.63) is 70.8 Å². The fraction of sp³-hybridized carbons (Fsp3) is 0.300. The number of amides is 2. The van der Waals surface area contributed by atoms with Crippen LogP contribution < -0.4 is 0 Å². The summed E-state index contributed by atoms with van der Waals surface area (Å²) in [6.07, 6.45) is 0.368. The van der Waals surface area contributed by atoms with E-state index in [1.165, 1.54) is 12.2 Å². The molecule has 3 rings (SSSR count). The number of carbonyl (C=O) groups is 2. The summed E-state index contributed by atoms with van der Waals surface area (Å²) in [6.45, 7) is 1.32. The number of hydrogen-bond donors (Lipinski definition) is 0. The van der Waals surface area contributed by atoms with E-state index in [1.54, 1.807) is 18.0 Å². The van der Waals surface area contributed by atoms with Crippen LogP contribution >= 0.6 is 0 Å². The number of benzene rings is 2. The second-order valence-electron chi connectivity index (χ2n) is 6.18. The Morgan fingerprint density at radius 1 is 1.12 bits per heavy atom. The van der Waals surface area contributed by atoms with Gasteiger partial charge in [-0.1, -0.05) is 36.4 Å². The van der Waals surface area contributed by atoms with Crippen molar-refractivity contribution in [2.45, 2.75) is 19.6 Å². The van der Waals surface area contributed by atoms with Gasteiger partial charge < -0.3 is 9.64 Å². The molecule has 6 heteroatoms. The average Bonchev–Trinajstić information content (AvgIpc) is 2.70. The Labute approximate surface area is 152 Å². The summed E-state index contributed by atoms with van der Waals surface area (Å²) in [7, 11) is 3.03. The van der Waals surface area contributed by atoms with Crippen molar-refractivity contribution in [1.82, 2.24) is 9.96 Å². The molecule has 0 unspecified atom stereocenters. The predicted octanol–water partition coefficient (Wildman–Crippen LogP) is 3.01. The predicted molar refractivity (Wildman–Crippen MR) is 96.3 cm³/mol. The summed E-state index contributed by atoms with van der Waals surface area (Å²) >= 11 is 0. The van der Waals surface area contributed by atoms with Gasteiger partial charge in [0.25, 0.3) is 5.91 Å². The zero-order chi connectivity index (χ0) is 18.5. The summed E-state index contributed by atoms with van der Waals surface area (Å²) in [4.78, 5) is 31.1. The van der Waals surface area contributed by atoms with E-state index in [2.05, 4.69) is 0 Å². The molecule has 0 radical (unpaired) electrons. The van der Waals surface area contributed by atoms with Crippen LogP contribution in [0, 0.1) is 0 Å². The molecule has 0 saturated heterocycles. The number of carbonyl (C=O) groups excluding carboxylic acids is 2. The fourth-order valence-corrected chi connectivity index (χ4v) is 2.92. The average molecular weight is 354 g/mol. The number of ether oxygens (including phenoxy) is 1. The first-order chi connectivity index (χ1) is 12.6. The van der Waals surface area contributed by atoms with E-state index < -0.39 is 0 Å². The SMILES string of the molecule is CON(C)C(=O)c1ccc2c(c1)CCN(C(=O)OCc1ccccc1)C2. The second-order valence-corrected chi connectivity index (χ2v) is 6.18. The lowest BCUT2D eigenvalue weighted by Crippen LogP contribution is -2.36. The monoisotopic (exact) mass is 354 g/mol. The van der Waals surface area contributed by atoms with Crippen LogP contribution in [0.25, 0.3) is 0 Å². The molecular weight excluding hydrogens is 332 g/mol. The topological polar surface area (TPSA) is 59.1 Å². The van der Waals surface area contributed by atoms with Crippen molar-refractivity contribution in [1.29, 1.82) is 0 Å². The third kappa shape index (κ3) is 4.03. The van der Waals surface area contributed by atoms with Crippen molar-refractivity contribution in [2.75, 3.05) is 20.7 Å². The highest BCUT2D eigenvalue weighted by atomic mass is 16.7. The Bertz CT molecular complexity index is 792. The molecule has 1 aliphatic heterocycles. The zero-order valence-corrected chi connectivity index (χ0v) is 15.0. The number of hydrogen-bond acceptors (Lipinski definition) is 4. The molecule has 0 aromatic heterocycles. The number of fused-ring (bicyclic) bond motifs is 1. The molecule has 0 saturated carbocycles. The maximum absolute atomic E-state index is 12.3. The summed E-state index contributed by atoms with van der Waals surface area (Å²) < 4.78 is 5.40. The van der Waals surface area contributed by atoms with Crippen LogP contribution in [0.3, 0.4) is 0 Å². The van der Waals surface area contributed by atoms with E-state index in [1.807, 2.05) is 42.5 Å². The summed E-state index contributed by atoms with van der Waals surface area (Å²) in [5.41, 5.74) is 3.65. The zero-order valence-electron chi connectivity index (χ0n) is 15.0. The largest absolute Gasteiger partial charge is 0.445 e. The van der Waals surface area contributed by atoms with E-state index in [0.29, 0.717) is 25.1 Å². The van der Waals surface area contributed by atoms with E-state index in [0.717, 1.165) is 16.7 Å². The minimum Gasteiger partial charge on any atom is -0.445 e. The van der Waals surface area contributed by atoms with Crippen molar-refractivity contribution < 1.29 is 19.2 Å². The van der Waals surface area contributed by atoms with Gasteiger partial charge in [0.2, 0.25) is 0 Å². The molecular formula is C20H22N2O4. The molecule has 2 aromatic rings. The smallest absolute Gasteiger partial charge is 0.410 e. The minimum absolute atomic E-state index is 0.194. The van der Waals surface area contributed by atoms with Crippen LogP contribution in [0.4, 0.5) is 4.79 Å². The van der Waals surface area contributed by atoms with E-state index in [4.69, 9.17) is 9.57 Å². The molecule has 0 fully saturated rings. The molecule has 0 bridgehead atoms. The summed E-state index contributed by atoms with van der Waals surface area (Å²) in [5.74, 6) is -0.194. The van der Waals surface area contributed by atoms with Crippen molar-refractivity contribution in [3.63, 3.8) is 0 Å². The third-order valence-corrected chi connectivity index (χ3v) is 4.49. The van der Waals surface area contributed by atoms with Gasteiger partial charge in [0.1, 0.15) is 6.61 Å². The Kier molecular flexibility index (Phi) is 5.53. The first kappa shape index (κ1) is 17.9. The molecule has 0 spiro atoms. The Hall–Kier alpha value is -2.86. The molecule has 2 amide bonds. The molecule has 1 aliphatic rings. The van der Waals surface area contributed by atoms with Gasteiger partial charge in [-0.25, -0.2) is 9.86 Å². The molecule has 2 aromatic carbocycles. The number of rotatable bonds is 4. The molecule has 136 valence electrons. The van der Waals surface area contributed by atoms with Gasteiger partial charge in [-0.15, -0.1) is 0 Å². The quantitative estimate of drug-likeness (QED) is 0.792. The number of nitrogens with zero attached hydrogens (tertiary/aromatic N) is 2. The molecule has 0 N–H and O–H groups in total. The Morgan fingerprint density at radius 3 is 2.62 bits per heavy atom. The first-order valence-corrected chi connectivity index (χ1v) is 8.48. The molecule has 1 heterocycles. The van der Waals surface area contributed by atoms with Crippen molar-refractivity contribution in [3.8, 4) is 0 Å². The van der Waals surface area contributed by atoms with Crippen LogP contribution in [0.5, 0.6) is 0 Å². The molecule has 0 aliphatic carbocycles. The van der Waals surface area contributed by atoms with Gasteiger partial charge >= 0.3 is 6.09 Å². The highest BCUT2D eigenvalue weighted by Gasteiger charge is 2.23. The lowest BCUT2D eigenvalue weighted by molar-refractivity contribution is -0.0757. The fourth-order valence-electron chi connectivity index (χ4n) is 2.92.